The highest BCUT2D eigenvalue weighted by molar-refractivity contribution is 5.74. The lowest BCUT2D eigenvalue weighted by Gasteiger charge is -2.06. The van der Waals surface area contributed by atoms with Crippen LogP contribution in [0, 0.1) is 5.92 Å². The summed E-state index contributed by atoms with van der Waals surface area (Å²) in [5.41, 5.74) is 4.88. The van der Waals surface area contributed by atoms with Crippen molar-refractivity contribution in [2.24, 2.45) is 11.7 Å². The average Bonchev–Trinajstić information content (AvgIpc) is 2.54. The molecule has 140 valence electrons. The first kappa shape index (κ1) is 24.6. The molecule has 1 atom stereocenters. The zero-order chi connectivity index (χ0) is 17.8. The molecule has 0 spiro atoms. The summed E-state index contributed by atoms with van der Waals surface area (Å²) in [5, 5.41) is 0. The quantitative estimate of drug-likeness (QED) is 0.442. The average molecular weight is 332 g/mol. The van der Waals surface area contributed by atoms with E-state index in [0.29, 0.717) is 6.61 Å². The second-order valence-electron chi connectivity index (χ2n) is 6.20. The lowest BCUT2D eigenvalue weighted by molar-refractivity contribution is -0.122. The summed E-state index contributed by atoms with van der Waals surface area (Å²) in [6, 6.07) is 0. The fourth-order valence-electron chi connectivity index (χ4n) is 1.95. The number of primary amides is 1. The molecule has 4 nitrogen and oxygen atoms in total. The highest BCUT2D eigenvalue weighted by atomic mass is 16.5. The number of nitrogens with two attached hydrogens (primary N) is 1. The van der Waals surface area contributed by atoms with Gasteiger partial charge in [0.1, 0.15) is 6.61 Å². The van der Waals surface area contributed by atoms with E-state index >= 15 is 0 Å². The number of rotatable bonds is 15. The van der Waals surface area contributed by atoms with Gasteiger partial charge in [0.15, 0.2) is 0 Å². The Labute approximate surface area is 144 Å². The van der Waals surface area contributed by atoms with Crippen LogP contribution in [0.1, 0.15) is 85.5 Å². The van der Waals surface area contributed by atoms with E-state index in [2.05, 4.69) is 27.7 Å². The van der Waals surface area contributed by atoms with Gasteiger partial charge in [-0.3, -0.25) is 4.79 Å². The molecule has 0 aliphatic carbocycles. The van der Waals surface area contributed by atoms with Gasteiger partial charge in [-0.1, -0.05) is 66.2 Å². The van der Waals surface area contributed by atoms with Crippen molar-refractivity contribution < 1.29 is 14.3 Å². The van der Waals surface area contributed by atoms with Crippen molar-refractivity contribution >= 4 is 5.91 Å². The Morgan fingerprint density at radius 1 is 0.870 bits per heavy atom. The van der Waals surface area contributed by atoms with Gasteiger partial charge in [0, 0.05) is 19.8 Å². The molecule has 0 saturated heterocycles. The molecule has 0 heterocycles. The van der Waals surface area contributed by atoms with Crippen LogP contribution in [0.5, 0.6) is 0 Å². The summed E-state index contributed by atoms with van der Waals surface area (Å²) in [6.45, 7) is 11.2. The van der Waals surface area contributed by atoms with Crippen molar-refractivity contribution in [2.45, 2.75) is 85.5 Å². The minimum Gasteiger partial charge on any atom is -0.381 e. The Morgan fingerprint density at radius 2 is 1.52 bits per heavy atom. The summed E-state index contributed by atoms with van der Waals surface area (Å²) in [4.78, 5) is 10.2. The molecular weight excluding hydrogens is 290 g/mol. The number of carbonyl (C=O) groups is 1. The molecule has 0 aromatic carbocycles. The Morgan fingerprint density at radius 3 is 2.04 bits per heavy atom. The number of carbonyl (C=O) groups excluding carboxylic acids is 1. The fourth-order valence-corrected chi connectivity index (χ4v) is 1.95. The van der Waals surface area contributed by atoms with Crippen LogP contribution >= 0.6 is 0 Å². The van der Waals surface area contributed by atoms with Crippen molar-refractivity contribution in [1.82, 2.24) is 0 Å². The third kappa shape index (κ3) is 26.6. The molecule has 0 saturated carbocycles. The zero-order valence-corrected chi connectivity index (χ0v) is 16.1. The third-order valence-corrected chi connectivity index (χ3v) is 3.67. The molecule has 2 N–H and O–H groups in total. The molecule has 0 aliphatic rings. The van der Waals surface area contributed by atoms with E-state index in [1.807, 2.05) is 0 Å². The van der Waals surface area contributed by atoms with E-state index in [4.69, 9.17) is 15.2 Å². The Bertz CT molecular complexity index is 235. The maximum Gasteiger partial charge on any atom is 0.243 e. The van der Waals surface area contributed by atoms with Gasteiger partial charge in [0.05, 0.1) is 0 Å². The third-order valence-electron chi connectivity index (χ3n) is 3.67. The number of hydrogen-bond donors (Lipinski definition) is 1. The zero-order valence-electron chi connectivity index (χ0n) is 16.1. The molecule has 0 aromatic heterocycles. The van der Waals surface area contributed by atoms with E-state index in [1.54, 1.807) is 0 Å². The normalized spacial score (nSPS) is 11.7. The molecule has 0 aromatic rings. The molecule has 4 heteroatoms. The first-order chi connectivity index (χ1) is 11.1. The molecule has 0 aliphatic heterocycles. The summed E-state index contributed by atoms with van der Waals surface area (Å²) >= 11 is 0. The second-order valence-corrected chi connectivity index (χ2v) is 6.20. The van der Waals surface area contributed by atoms with Gasteiger partial charge in [0.2, 0.25) is 5.91 Å². The summed E-state index contributed by atoms with van der Waals surface area (Å²) in [6.07, 6.45) is 11.4. The van der Waals surface area contributed by atoms with Crippen LogP contribution in [0.15, 0.2) is 0 Å². The molecule has 23 heavy (non-hydrogen) atoms. The van der Waals surface area contributed by atoms with Crippen molar-refractivity contribution in [2.75, 3.05) is 26.4 Å². The van der Waals surface area contributed by atoms with Crippen LogP contribution < -0.4 is 5.73 Å². The highest BCUT2D eigenvalue weighted by Crippen LogP contribution is 2.12. The molecule has 0 bridgehead atoms. The van der Waals surface area contributed by atoms with Crippen LogP contribution in [0.2, 0.25) is 0 Å². The lowest BCUT2D eigenvalue weighted by Crippen LogP contribution is -2.18. The van der Waals surface area contributed by atoms with E-state index < -0.39 is 5.91 Å². The molecular formula is C19H41NO3. The van der Waals surface area contributed by atoms with Crippen molar-refractivity contribution in [3.63, 3.8) is 0 Å². The van der Waals surface area contributed by atoms with E-state index in [-0.39, 0.29) is 6.61 Å². The minimum atomic E-state index is -0.415. The van der Waals surface area contributed by atoms with E-state index in [9.17, 15) is 4.79 Å². The molecule has 1 amide bonds. The summed E-state index contributed by atoms with van der Waals surface area (Å²) in [5.74, 6) is 0.541. The second kappa shape index (κ2) is 21.4. The van der Waals surface area contributed by atoms with Gasteiger partial charge < -0.3 is 15.2 Å². The van der Waals surface area contributed by atoms with E-state index in [1.165, 1.54) is 38.5 Å². The van der Waals surface area contributed by atoms with Crippen molar-refractivity contribution in [1.29, 1.82) is 0 Å². The number of unbranched alkanes of at least 4 members (excludes halogenated alkanes) is 4. The Balaban J connectivity index is 0. The molecule has 0 radical (unpaired) electrons. The minimum absolute atomic E-state index is 0.0236. The summed E-state index contributed by atoms with van der Waals surface area (Å²) in [7, 11) is 0. The van der Waals surface area contributed by atoms with E-state index in [0.717, 1.165) is 38.4 Å². The number of ether oxygens (including phenoxy) is 2. The largest absolute Gasteiger partial charge is 0.381 e. The predicted octanol–water partition coefficient (Wildman–Crippen LogP) is 4.70. The number of hydrogen-bond acceptors (Lipinski definition) is 3. The first-order valence-electron chi connectivity index (χ1n) is 9.52. The van der Waals surface area contributed by atoms with Crippen LogP contribution in [0.25, 0.3) is 0 Å². The molecule has 0 fully saturated rings. The van der Waals surface area contributed by atoms with Gasteiger partial charge in [-0.05, 0) is 25.2 Å². The van der Waals surface area contributed by atoms with Gasteiger partial charge in [-0.15, -0.1) is 0 Å². The highest BCUT2D eigenvalue weighted by Gasteiger charge is 1.96. The van der Waals surface area contributed by atoms with Crippen LogP contribution in [-0.4, -0.2) is 32.3 Å². The maximum atomic E-state index is 10.2. The topological polar surface area (TPSA) is 61.6 Å². The monoisotopic (exact) mass is 331 g/mol. The van der Waals surface area contributed by atoms with Gasteiger partial charge >= 0.3 is 0 Å². The van der Waals surface area contributed by atoms with Gasteiger partial charge in [-0.2, -0.15) is 0 Å². The fraction of sp³-hybridized carbons (Fsp3) is 0.947. The first-order valence-corrected chi connectivity index (χ1v) is 9.52. The maximum absolute atomic E-state index is 10.2. The van der Waals surface area contributed by atoms with Crippen LogP contribution in [0.4, 0.5) is 0 Å². The van der Waals surface area contributed by atoms with Crippen molar-refractivity contribution in [3.05, 3.63) is 0 Å². The van der Waals surface area contributed by atoms with Crippen molar-refractivity contribution in [3.8, 4) is 0 Å². The number of amides is 1. The van der Waals surface area contributed by atoms with Crippen LogP contribution in [0.3, 0.4) is 0 Å². The molecule has 1 unspecified atom stereocenters. The Kier molecular flexibility index (Phi) is 22.9. The smallest absolute Gasteiger partial charge is 0.243 e. The van der Waals surface area contributed by atoms with Crippen LogP contribution in [-0.2, 0) is 14.3 Å². The predicted molar refractivity (Wildman–Crippen MR) is 98.6 cm³/mol. The molecule has 0 rings (SSSR count). The SMILES string of the molecule is CCCCCCC(C)CC.CCCOCCCCOCC(N)=O. The summed E-state index contributed by atoms with van der Waals surface area (Å²) < 4.78 is 10.2. The standard InChI is InChI=1S/C10H22.C9H19NO3/c1-4-6-7-8-9-10(3)5-2;1-2-5-12-6-3-4-7-13-8-9(10)11/h10H,4-9H2,1-3H3;2-8H2,1H3,(H2,10,11). The van der Waals surface area contributed by atoms with Gasteiger partial charge in [0.25, 0.3) is 0 Å². The van der Waals surface area contributed by atoms with Gasteiger partial charge in [-0.25, -0.2) is 0 Å². The lowest BCUT2D eigenvalue weighted by atomic mass is 10.0. The Hall–Kier alpha value is -0.610.